The van der Waals surface area contributed by atoms with Gasteiger partial charge in [-0.3, -0.25) is 14.9 Å². The van der Waals surface area contributed by atoms with Gasteiger partial charge in [0.2, 0.25) is 12.0 Å². The smallest absolute Gasteiger partial charge is 0.463 e. The standard InChI is InChI=1S/C27H27F3N2O8/c1-17(39-24(34)27(28,29)30)37-15-16-38-23(33)12-14-31-21-8-5-4-7-19(21)25(2,3)26(31)13-11-18-20(32(35)36)9-6-10-22(18)40-26/h4-11,13,17H,12,14-16H2,1-3H3. The van der Waals surface area contributed by atoms with E-state index in [1.165, 1.54) is 6.07 Å². The molecule has 0 amide bonds. The highest BCUT2D eigenvalue weighted by Gasteiger charge is 2.59. The summed E-state index contributed by atoms with van der Waals surface area (Å²) < 4.78 is 57.6. The van der Waals surface area contributed by atoms with Crippen LogP contribution in [-0.4, -0.2) is 54.8 Å². The molecule has 2 atom stereocenters. The average Bonchev–Trinajstić information content (AvgIpc) is 3.06. The third-order valence-electron chi connectivity index (χ3n) is 6.89. The second-order valence-electron chi connectivity index (χ2n) is 9.68. The zero-order valence-electron chi connectivity index (χ0n) is 21.9. The first-order valence-corrected chi connectivity index (χ1v) is 12.4. The van der Waals surface area contributed by atoms with E-state index >= 15 is 0 Å². The first kappa shape index (κ1) is 28.9. The number of esters is 2. The Morgan fingerprint density at radius 1 is 1.12 bits per heavy atom. The fraction of sp³-hybridized carbons (Fsp3) is 0.407. The molecule has 2 aromatic rings. The van der Waals surface area contributed by atoms with Gasteiger partial charge in [-0.05, 0) is 50.6 Å². The average molecular weight is 565 g/mol. The van der Waals surface area contributed by atoms with Crippen molar-refractivity contribution in [2.24, 2.45) is 0 Å². The molecular weight excluding hydrogens is 537 g/mol. The third-order valence-corrected chi connectivity index (χ3v) is 6.89. The molecule has 2 aliphatic heterocycles. The number of ether oxygens (including phenoxy) is 4. The number of benzene rings is 2. The van der Waals surface area contributed by atoms with Crippen LogP contribution in [-0.2, 0) is 29.2 Å². The van der Waals surface area contributed by atoms with Crippen LogP contribution >= 0.6 is 0 Å². The number of rotatable bonds is 9. The van der Waals surface area contributed by atoms with Gasteiger partial charge >= 0.3 is 18.1 Å². The van der Waals surface area contributed by atoms with Crippen molar-refractivity contribution in [2.45, 2.75) is 50.8 Å². The number of carbonyl (C=O) groups is 2. The monoisotopic (exact) mass is 564 g/mol. The van der Waals surface area contributed by atoms with Crippen molar-refractivity contribution in [2.75, 3.05) is 24.7 Å². The van der Waals surface area contributed by atoms with Crippen LogP contribution in [0.25, 0.3) is 6.08 Å². The maximum absolute atomic E-state index is 12.5. The predicted molar refractivity (Wildman–Crippen MR) is 135 cm³/mol. The number of nitro benzene ring substituents is 1. The van der Waals surface area contributed by atoms with Crippen LogP contribution in [0.5, 0.6) is 5.75 Å². The molecule has 2 aliphatic rings. The summed E-state index contributed by atoms with van der Waals surface area (Å²) in [6.45, 7) is 4.69. The van der Waals surface area contributed by atoms with Crippen molar-refractivity contribution in [3.8, 4) is 5.75 Å². The quantitative estimate of drug-likeness (QED) is 0.138. The van der Waals surface area contributed by atoms with E-state index in [2.05, 4.69) is 4.74 Å². The number of anilines is 1. The van der Waals surface area contributed by atoms with Gasteiger partial charge in [0.05, 0.1) is 28.9 Å². The minimum absolute atomic E-state index is 0.0796. The number of hydrogen-bond donors (Lipinski definition) is 0. The Bertz CT molecular complexity index is 1340. The summed E-state index contributed by atoms with van der Waals surface area (Å²) in [5, 5.41) is 11.5. The van der Waals surface area contributed by atoms with E-state index in [1.807, 2.05) is 43.0 Å². The lowest BCUT2D eigenvalue weighted by Gasteiger charge is -2.47. The molecule has 0 aliphatic carbocycles. The van der Waals surface area contributed by atoms with Crippen molar-refractivity contribution in [3.05, 3.63) is 69.8 Å². The minimum atomic E-state index is -5.14. The summed E-state index contributed by atoms with van der Waals surface area (Å²) in [5.41, 5.74) is 0.292. The highest BCUT2D eigenvalue weighted by atomic mass is 19.4. The number of nitro groups is 1. The molecule has 1 spiro atoms. The lowest BCUT2D eigenvalue weighted by atomic mass is 9.76. The molecule has 4 rings (SSSR count). The van der Waals surface area contributed by atoms with Crippen molar-refractivity contribution in [3.63, 3.8) is 0 Å². The molecule has 0 saturated heterocycles. The predicted octanol–water partition coefficient (Wildman–Crippen LogP) is 4.90. The molecule has 0 fully saturated rings. The van der Waals surface area contributed by atoms with Crippen LogP contribution in [0.3, 0.4) is 0 Å². The summed E-state index contributed by atoms with van der Waals surface area (Å²) in [5.74, 6) is -2.64. The van der Waals surface area contributed by atoms with Crippen LogP contribution < -0.4 is 9.64 Å². The summed E-state index contributed by atoms with van der Waals surface area (Å²) >= 11 is 0. The van der Waals surface area contributed by atoms with E-state index in [-0.39, 0.29) is 31.9 Å². The highest BCUT2D eigenvalue weighted by Crippen LogP contribution is 2.55. The topological polar surface area (TPSA) is 117 Å². The Morgan fingerprint density at radius 3 is 2.55 bits per heavy atom. The van der Waals surface area contributed by atoms with Gasteiger partial charge in [0, 0.05) is 18.3 Å². The largest absolute Gasteiger partial charge is 0.491 e. The maximum atomic E-state index is 12.5. The zero-order valence-corrected chi connectivity index (χ0v) is 21.9. The Balaban J connectivity index is 1.44. The zero-order chi connectivity index (χ0) is 29.3. The van der Waals surface area contributed by atoms with Gasteiger partial charge in [0.25, 0.3) is 5.69 Å². The van der Waals surface area contributed by atoms with E-state index in [0.29, 0.717) is 11.3 Å². The number of nitrogens with zero attached hydrogens (tertiary/aromatic N) is 2. The molecule has 0 aromatic heterocycles. The van der Waals surface area contributed by atoms with Gasteiger partial charge < -0.3 is 23.8 Å². The SMILES string of the molecule is CC(OCCOC(=O)CCN1c2ccccc2C(C)(C)C12C=Cc1c(cccc1[N+](=O)[O-])O2)OC(=O)C(F)(F)F. The van der Waals surface area contributed by atoms with Gasteiger partial charge in [0.15, 0.2) is 0 Å². The Morgan fingerprint density at radius 2 is 1.85 bits per heavy atom. The number of fused-ring (bicyclic) bond motifs is 2. The van der Waals surface area contributed by atoms with Crippen molar-refractivity contribution >= 4 is 29.4 Å². The molecule has 0 N–H and O–H groups in total. The van der Waals surface area contributed by atoms with Gasteiger partial charge in [-0.1, -0.05) is 24.3 Å². The summed E-state index contributed by atoms with van der Waals surface area (Å²) in [7, 11) is 0. The summed E-state index contributed by atoms with van der Waals surface area (Å²) in [6, 6.07) is 12.2. The van der Waals surface area contributed by atoms with E-state index in [9.17, 15) is 32.9 Å². The highest BCUT2D eigenvalue weighted by molar-refractivity contribution is 5.77. The molecule has 10 nitrogen and oxygen atoms in total. The molecule has 0 radical (unpaired) electrons. The molecule has 40 heavy (non-hydrogen) atoms. The van der Waals surface area contributed by atoms with Gasteiger partial charge in [-0.25, -0.2) is 4.79 Å². The Kier molecular flexibility index (Phi) is 7.79. The first-order chi connectivity index (χ1) is 18.8. The molecule has 2 aromatic carbocycles. The van der Waals surface area contributed by atoms with Crippen LogP contribution in [0, 0.1) is 10.1 Å². The lowest BCUT2D eigenvalue weighted by Crippen LogP contribution is -2.60. The fourth-order valence-electron chi connectivity index (χ4n) is 4.96. The van der Waals surface area contributed by atoms with Crippen molar-refractivity contribution in [1.29, 1.82) is 0 Å². The maximum Gasteiger partial charge on any atom is 0.491 e. The van der Waals surface area contributed by atoms with Crippen LogP contribution in [0.2, 0.25) is 0 Å². The second kappa shape index (κ2) is 10.8. The molecule has 2 unspecified atom stereocenters. The normalized spacial score (nSPS) is 19.4. The second-order valence-corrected chi connectivity index (χ2v) is 9.68. The van der Waals surface area contributed by atoms with E-state index in [0.717, 1.165) is 18.2 Å². The van der Waals surface area contributed by atoms with E-state index in [1.54, 1.807) is 24.3 Å². The van der Waals surface area contributed by atoms with E-state index < -0.39 is 40.5 Å². The molecular formula is C27H27F3N2O8. The minimum Gasteiger partial charge on any atom is -0.463 e. The van der Waals surface area contributed by atoms with Gasteiger partial charge in [-0.2, -0.15) is 13.2 Å². The van der Waals surface area contributed by atoms with Crippen LogP contribution in [0.4, 0.5) is 24.5 Å². The van der Waals surface area contributed by atoms with E-state index in [4.69, 9.17) is 14.2 Å². The number of halogens is 3. The fourth-order valence-corrected chi connectivity index (χ4v) is 4.96. The third kappa shape index (κ3) is 5.33. The molecule has 13 heteroatoms. The molecule has 2 heterocycles. The Labute approximate surface area is 227 Å². The number of para-hydroxylation sites is 1. The number of alkyl halides is 3. The molecule has 214 valence electrons. The lowest BCUT2D eigenvalue weighted by molar-refractivity contribution is -0.385. The summed E-state index contributed by atoms with van der Waals surface area (Å²) in [6.07, 6.45) is -3.27. The first-order valence-electron chi connectivity index (χ1n) is 12.4. The van der Waals surface area contributed by atoms with Crippen molar-refractivity contribution < 1.29 is 46.6 Å². The molecule has 0 bridgehead atoms. The van der Waals surface area contributed by atoms with Crippen LogP contribution in [0.1, 0.15) is 38.3 Å². The Hall–Kier alpha value is -4.13. The number of hydrogen-bond acceptors (Lipinski definition) is 9. The van der Waals surface area contributed by atoms with Crippen LogP contribution in [0.15, 0.2) is 48.5 Å². The van der Waals surface area contributed by atoms with Gasteiger partial charge in [-0.15, -0.1) is 0 Å². The molecule has 0 saturated carbocycles. The van der Waals surface area contributed by atoms with Gasteiger partial charge in [0.1, 0.15) is 12.4 Å². The number of carbonyl (C=O) groups excluding carboxylic acids is 2. The van der Waals surface area contributed by atoms with Crippen molar-refractivity contribution in [1.82, 2.24) is 0 Å². The summed E-state index contributed by atoms with van der Waals surface area (Å²) in [4.78, 5) is 36.4.